The second kappa shape index (κ2) is 5.73. The molecule has 4 nitrogen and oxygen atoms in total. The molecule has 1 aliphatic heterocycles. The predicted octanol–water partition coefficient (Wildman–Crippen LogP) is 3.09. The first kappa shape index (κ1) is 15.9. The van der Waals surface area contributed by atoms with E-state index in [1.807, 2.05) is 18.2 Å². The van der Waals surface area contributed by atoms with Crippen molar-refractivity contribution in [3.8, 4) is 0 Å². The molecule has 2 unspecified atom stereocenters. The molecule has 1 amide bonds. The first-order valence-electron chi connectivity index (χ1n) is 8.70. The summed E-state index contributed by atoms with van der Waals surface area (Å²) in [5.74, 6) is -0.0291. The third kappa shape index (κ3) is 2.28. The van der Waals surface area contributed by atoms with E-state index in [0.717, 1.165) is 28.8 Å². The van der Waals surface area contributed by atoms with Crippen molar-refractivity contribution < 1.29 is 14.3 Å². The zero-order valence-electron chi connectivity index (χ0n) is 14.5. The van der Waals surface area contributed by atoms with Gasteiger partial charge in [0.25, 0.3) is 0 Å². The fraction of sp³-hybridized carbons (Fsp3) is 0.333. The number of methoxy groups -OCH3 is 1. The van der Waals surface area contributed by atoms with Crippen LogP contribution in [0.5, 0.6) is 0 Å². The summed E-state index contributed by atoms with van der Waals surface area (Å²) in [6, 6.07) is 5.61. The summed E-state index contributed by atoms with van der Waals surface area (Å²) in [7, 11) is 1.38. The van der Waals surface area contributed by atoms with Gasteiger partial charge in [0.05, 0.1) is 18.1 Å². The second-order valence-corrected chi connectivity index (χ2v) is 6.95. The van der Waals surface area contributed by atoms with Gasteiger partial charge in [-0.15, -0.1) is 0 Å². The summed E-state index contributed by atoms with van der Waals surface area (Å²) in [4.78, 5) is 24.8. The van der Waals surface area contributed by atoms with Crippen LogP contribution in [-0.4, -0.2) is 19.0 Å². The van der Waals surface area contributed by atoms with Gasteiger partial charge in [0, 0.05) is 11.6 Å². The number of carbonyl (C=O) groups excluding carboxylic acids is 2. The Labute approximate surface area is 147 Å². The van der Waals surface area contributed by atoms with Crippen molar-refractivity contribution in [3.05, 3.63) is 70.5 Å². The molecule has 25 heavy (non-hydrogen) atoms. The average molecular weight is 335 g/mol. The normalized spacial score (nSPS) is 26.5. The van der Waals surface area contributed by atoms with Gasteiger partial charge in [-0.05, 0) is 48.1 Å². The van der Waals surface area contributed by atoms with Gasteiger partial charge < -0.3 is 10.1 Å². The van der Waals surface area contributed by atoms with Gasteiger partial charge in [-0.1, -0.05) is 37.3 Å². The minimum Gasteiger partial charge on any atom is -0.465 e. The number of fused-ring (bicyclic) bond motifs is 2. The van der Waals surface area contributed by atoms with Crippen LogP contribution in [0.4, 0.5) is 0 Å². The number of esters is 1. The van der Waals surface area contributed by atoms with Crippen molar-refractivity contribution in [1.82, 2.24) is 5.32 Å². The monoisotopic (exact) mass is 335 g/mol. The van der Waals surface area contributed by atoms with Crippen molar-refractivity contribution in [1.29, 1.82) is 0 Å². The summed E-state index contributed by atoms with van der Waals surface area (Å²) >= 11 is 0. The van der Waals surface area contributed by atoms with Crippen LogP contribution in [0.1, 0.15) is 34.8 Å². The lowest BCUT2D eigenvalue weighted by molar-refractivity contribution is -0.126. The lowest BCUT2D eigenvalue weighted by Crippen LogP contribution is -2.35. The van der Waals surface area contributed by atoms with E-state index in [-0.39, 0.29) is 17.8 Å². The van der Waals surface area contributed by atoms with E-state index >= 15 is 0 Å². The predicted molar refractivity (Wildman–Crippen MR) is 94.9 cm³/mol. The zero-order chi connectivity index (χ0) is 17.6. The van der Waals surface area contributed by atoms with Crippen molar-refractivity contribution in [2.75, 3.05) is 7.11 Å². The Balaban J connectivity index is 1.77. The van der Waals surface area contributed by atoms with Crippen molar-refractivity contribution in [2.24, 2.45) is 11.3 Å². The van der Waals surface area contributed by atoms with Crippen LogP contribution >= 0.6 is 0 Å². The number of ether oxygens (including phenoxy) is 1. The maximum absolute atomic E-state index is 13.0. The largest absolute Gasteiger partial charge is 0.465 e. The summed E-state index contributed by atoms with van der Waals surface area (Å²) < 4.78 is 4.82. The van der Waals surface area contributed by atoms with E-state index in [0.29, 0.717) is 18.4 Å². The molecule has 1 aromatic carbocycles. The number of nitrogens with one attached hydrogen (secondary N) is 1. The van der Waals surface area contributed by atoms with Crippen LogP contribution in [0.25, 0.3) is 0 Å². The van der Waals surface area contributed by atoms with E-state index in [4.69, 9.17) is 4.74 Å². The third-order valence-electron chi connectivity index (χ3n) is 5.63. The molecule has 3 aliphatic rings. The molecule has 1 aromatic rings. The van der Waals surface area contributed by atoms with Gasteiger partial charge in [-0.3, -0.25) is 4.79 Å². The molecule has 4 heteroatoms. The molecule has 0 bridgehead atoms. The molecule has 2 atom stereocenters. The highest BCUT2D eigenvalue weighted by Gasteiger charge is 2.51. The Morgan fingerprint density at radius 3 is 2.84 bits per heavy atom. The first-order valence-corrected chi connectivity index (χ1v) is 8.70. The number of allylic oxidation sites excluding steroid dienone is 4. The van der Waals surface area contributed by atoms with Gasteiger partial charge in [0.15, 0.2) is 0 Å². The van der Waals surface area contributed by atoms with Crippen LogP contribution in [0, 0.1) is 11.3 Å². The Hall–Kier alpha value is -2.62. The number of amides is 1. The van der Waals surface area contributed by atoms with Crippen LogP contribution in [0.3, 0.4) is 0 Å². The number of hydrogen-bond donors (Lipinski definition) is 1. The Morgan fingerprint density at radius 2 is 2.08 bits per heavy atom. The standard InChI is InChI=1S/C21H21NO3/c1-3-13-6-4-5-7-17-18(13)22-20(24)21(17)11-15-9-8-14(19(23)25-2)10-16(15)12-21/h4-10,13H,3,11-12H2,1-2H3,(H,22,24). The van der Waals surface area contributed by atoms with Crippen molar-refractivity contribution >= 4 is 11.9 Å². The van der Waals surface area contributed by atoms with E-state index in [1.54, 1.807) is 6.07 Å². The molecule has 1 spiro atoms. The maximum atomic E-state index is 13.0. The average Bonchev–Trinajstić information content (AvgIpc) is 3.04. The van der Waals surface area contributed by atoms with Crippen LogP contribution in [0.15, 0.2) is 53.8 Å². The lowest BCUT2D eigenvalue weighted by Gasteiger charge is -2.22. The lowest BCUT2D eigenvalue weighted by atomic mass is 9.77. The molecule has 128 valence electrons. The molecule has 0 saturated heterocycles. The van der Waals surface area contributed by atoms with Crippen LogP contribution in [0.2, 0.25) is 0 Å². The molecule has 0 aromatic heterocycles. The van der Waals surface area contributed by atoms with E-state index in [9.17, 15) is 9.59 Å². The number of rotatable bonds is 2. The molecule has 2 aliphatic carbocycles. The molecule has 0 radical (unpaired) electrons. The quantitative estimate of drug-likeness (QED) is 0.845. The van der Waals surface area contributed by atoms with Gasteiger partial charge >= 0.3 is 5.97 Å². The number of benzene rings is 1. The van der Waals surface area contributed by atoms with Gasteiger partial charge in [0.1, 0.15) is 0 Å². The fourth-order valence-corrected chi connectivity index (χ4v) is 4.29. The number of carbonyl (C=O) groups is 2. The molecule has 0 saturated carbocycles. The minimum absolute atomic E-state index is 0.0757. The highest BCUT2D eigenvalue weighted by atomic mass is 16.5. The highest BCUT2D eigenvalue weighted by molar-refractivity contribution is 5.95. The van der Waals surface area contributed by atoms with Crippen LogP contribution in [-0.2, 0) is 22.4 Å². The Bertz CT molecular complexity index is 862. The molecular weight excluding hydrogens is 314 g/mol. The van der Waals surface area contributed by atoms with Gasteiger partial charge in [0.2, 0.25) is 5.91 Å². The van der Waals surface area contributed by atoms with E-state index < -0.39 is 5.41 Å². The fourth-order valence-electron chi connectivity index (χ4n) is 4.29. The smallest absolute Gasteiger partial charge is 0.337 e. The minimum atomic E-state index is -0.553. The highest BCUT2D eigenvalue weighted by Crippen LogP contribution is 2.49. The topological polar surface area (TPSA) is 55.4 Å². The molecular formula is C21H21NO3. The number of hydrogen-bond acceptors (Lipinski definition) is 3. The Kier molecular flexibility index (Phi) is 3.64. The molecule has 1 heterocycles. The molecule has 1 N–H and O–H groups in total. The molecule has 0 fully saturated rings. The van der Waals surface area contributed by atoms with Gasteiger partial charge in [-0.25, -0.2) is 4.79 Å². The second-order valence-electron chi connectivity index (χ2n) is 6.95. The zero-order valence-corrected chi connectivity index (χ0v) is 14.5. The van der Waals surface area contributed by atoms with Crippen molar-refractivity contribution in [3.63, 3.8) is 0 Å². The summed E-state index contributed by atoms with van der Waals surface area (Å²) in [6.45, 7) is 2.13. The summed E-state index contributed by atoms with van der Waals surface area (Å²) in [6.07, 6.45) is 10.6. The van der Waals surface area contributed by atoms with Crippen LogP contribution < -0.4 is 5.32 Å². The first-order chi connectivity index (χ1) is 12.1. The third-order valence-corrected chi connectivity index (χ3v) is 5.63. The van der Waals surface area contributed by atoms with E-state index in [1.165, 1.54) is 7.11 Å². The SMILES string of the molecule is CCC1C=CC=CC2=C1NC(=O)C21Cc2ccc(C(=O)OC)cc2C1. The van der Waals surface area contributed by atoms with Gasteiger partial charge in [-0.2, -0.15) is 0 Å². The molecule has 4 rings (SSSR count). The maximum Gasteiger partial charge on any atom is 0.337 e. The summed E-state index contributed by atoms with van der Waals surface area (Å²) in [5, 5.41) is 3.16. The Morgan fingerprint density at radius 1 is 1.28 bits per heavy atom. The van der Waals surface area contributed by atoms with Crippen molar-refractivity contribution in [2.45, 2.75) is 26.2 Å². The van der Waals surface area contributed by atoms with E-state index in [2.05, 4.69) is 30.5 Å². The summed E-state index contributed by atoms with van der Waals surface area (Å²) in [5.41, 5.74) is 4.32.